The summed E-state index contributed by atoms with van der Waals surface area (Å²) >= 11 is 35.3. The standard InChI is InChI=1S/C6H6Cl6.Ce/c7-1-2(8)4(10)6(12)5(11)3(1)9;/h1-6H;/t1-,2-,3-,4+,5+,6+;. The molecule has 0 bridgehead atoms. The molecule has 0 aliphatic heterocycles. The van der Waals surface area contributed by atoms with E-state index in [1.807, 2.05) is 0 Å². The molecule has 0 unspecified atom stereocenters. The van der Waals surface area contributed by atoms with Crippen LogP contribution in [0.4, 0.5) is 0 Å². The van der Waals surface area contributed by atoms with E-state index in [-0.39, 0.29) is 41.7 Å². The van der Waals surface area contributed by atoms with Crippen LogP contribution in [0, 0.1) is 41.7 Å². The third-order valence-corrected chi connectivity index (χ3v) is 5.86. The maximum atomic E-state index is 5.88. The summed E-state index contributed by atoms with van der Waals surface area (Å²) in [5, 5.41) is -2.62. The van der Waals surface area contributed by atoms with E-state index in [0.717, 1.165) is 0 Å². The largest absolute Gasteiger partial charge is 0.120 e. The van der Waals surface area contributed by atoms with Gasteiger partial charge in [0, 0.05) is 41.7 Å². The molecular formula is C6H6CeCl6. The molecule has 1 fully saturated rings. The van der Waals surface area contributed by atoms with E-state index in [9.17, 15) is 0 Å². The topological polar surface area (TPSA) is 0 Å². The van der Waals surface area contributed by atoms with E-state index >= 15 is 0 Å². The monoisotopic (exact) mass is 428 g/mol. The Hall–Kier alpha value is 3.12. The molecule has 0 radical (unpaired) electrons. The number of alkyl halides is 6. The van der Waals surface area contributed by atoms with E-state index in [2.05, 4.69) is 0 Å². The molecule has 0 heterocycles. The molecule has 0 aromatic heterocycles. The Morgan fingerprint density at radius 1 is 0.385 bits per heavy atom. The van der Waals surface area contributed by atoms with Gasteiger partial charge in [0.25, 0.3) is 0 Å². The Labute approximate surface area is 141 Å². The van der Waals surface area contributed by atoms with E-state index in [0.29, 0.717) is 0 Å². The predicted molar refractivity (Wildman–Crippen MR) is 57.8 cm³/mol. The molecule has 1 aliphatic carbocycles. The van der Waals surface area contributed by atoms with Gasteiger partial charge >= 0.3 is 0 Å². The number of halogens is 6. The van der Waals surface area contributed by atoms with Gasteiger partial charge in [0.1, 0.15) is 0 Å². The van der Waals surface area contributed by atoms with Crippen molar-refractivity contribution < 1.29 is 41.7 Å². The van der Waals surface area contributed by atoms with E-state index in [4.69, 9.17) is 69.6 Å². The fraction of sp³-hybridized carbons (Fsp3) is 1.00. The van der Waals surface area contributed by atoms with Gasteiger partial charge in [0.15, 0.2) is 0 Å². The van der Waals surface area contributed by atoms with Crippen molar-refractivity contribution in [3.63, 3.8) is 0 Å². The van der Waals surface area contributed by atoms with Crippen molar-refractivity contribution in [1.29, 1.82) is 0 Å². The van der Waals surface area contributed by atoms with Gasteiger partial charge < -0.3 is 0 Å². The first-order valence-electron chi connectivity index (χ1n) is 3.31. The van der Waals surface area contributed by atoms with Crippen molar-refractivity contribution >= 4 is 69.6 Å². The fourth-order valence-electron chi connectivity index (χ4n) is 1.05. The Bertz CT molecular complexity index is 109. The molecular weight excluding hydrogens is 425 g/mol. The molecule has 0 N–H and O–H groups in total. The van der Waals surface area contributed by atoms with Crippen molar-refractivity contribution in [2.24, 2.45) is 0 Å². The zero-order valence-electron chi connectivity index (χ0n) is 6.23. The molecule has 0 spiro atoms. The summed E-state index contributed by atoms with van der Waals surface area (Å²) in [6.45, 7) is 0. The van der Waals surface area contributed by atoms with Crippen molar-refractivity contribution in [3.05, 3.63) is 0 Å². The van der Waals surface area contributed by atoms with Crippen molar-refractivity contribution in [2.45, 2.75) is 32.3 Å². The van der Waals surface area contributed by atoms with Crippen LogP contribution in [0.25, 0.3) is 0 Å². The Morgan fingerprint density at radius 2 is 0.462 bits per heavy atom. The zero-order chi connectivity index (χ0) is 9.46. The van der Waals surface area contributed by atoms with Gasteiger partial charge in [-0.3, -0.25) is 0 Å². The summed E-state index contributed by atoms with van der Waals surface area (Å²) in [6.07, 6.45) is 0. The third-order valence-electron chi connectivity index (χ3n) is 1.83. The summed E-state index contributed by atoms with van der Waals surface area (Å²) in [7, 11) is 0. The fourth-order valence-corrected chi connectivity index (χ4v) is 3.38. The SMILES string of the molecule is Cl[C@H]1[C@H](Cl)[C@@H](Cl)[C@@H](Cl)[C@H](Cl)[C@H]1Cl.[Ce]. The maximum Gasteiger partial charge on any atom is 0.0693 e. The normalized spacial score (nSPS) is 51.2. The van der Waals surface area contributed by atoms with E-state index in [1.165, 1.54) is 0 Å². The van der Waals surface area contributed by atoms with Crippen molar-refractivity contribution in [2.75, 3.05) is 0 Å². The van der Waals surface area contributed by atoms with Gasteiger partial charge in [-0.05, 0) is 0 Å². The zero-order valence-corrected chi connectivity index (χ0v) is 13.9. The van der Waals surface area contributed by atoms with Crippen molar-refractivity contribution in [1.82, 2.24) is 0 Å². The number of hydrogen-bond acceptors (Lipinski definition) is 0. The third kappa shape index (κ3) is 3.54. The molecule has 0 amide bonds. The molecule has 0 aromatic carbocycles. The summed E-state index contributed by atoms with van der Waals surface area (Å²) in [5.41, 5.74) is 0. The van der Waals surface area contributed by atoms with E-state index in [1.54, 1.807) is 0 Å². The first kappa shape index (κ1) is 16.1. The van der Waals surface area contributed by atoms with Crippen LogP contribution in [0.3, 0.4) is 0 Å². The average molecular weight is 431 g/mol. The van der Waals surface area contributed by atoms with Crippen LogP contribution < -0.4 is 0 Å². The van der Waals surface area contributed by atoms with Crippen LogP contribution in [0.2, 0.25) is 0 Å². The molecule has 1 aliphatic rings. The van der Waals surface area contributed by atoms with Crippen LogP contribution in [-0.2, 0) is 0 Å². The van der Waals surface area contributed by atoms with E-state index < -0.39 is 32.3 Å². The molecule has 0 saturated heterocycles. The molecule has 1 saturated carbocycles. The Morgan fingerprint density at radius 3 is 0.538 bits per heavy atom. The summed E-state index contributed by atoms with van der Waals surface area (Å²) in [4.78, 5) is 0. The van der Waals surface area contributed by atoms with Gasteiger partial charge in [-0.1, -0.05) is 0 Å². The minimum atomic E-state index is -0.437. The molecule has 76 valence electrons. The Kier molecular flexibility index (Phi) is 8.38. The van der Waals surface area contributed by atoms with Crippen molar-refractivity contribution in [3.8, 4) is 0 Å². The van der Waals surface area contributed by atoms with Gasteiger partial charge in [-0.2, -0.15) is 0 Å². The first-order chi connectivity index (χ1) is 5.46. The molecule has 0 atom stereocenters. The van der Waals surface area contributed by atoms with Crippen LogP contribution >= 0.6 is 69.6 Å². The van der Waals surface area contributed by atoms with Crippen LogP contribution in [0.15, 0.2) is 0 Å². The van der Waals surface area contributed by atoms with Gasteiger partial charge in [0.2, 0.25) is 0 Å². The predicted octanol–water partition coefficient (Wildman–Crippen LogP) is 3.64. The van der Waals surface area contributed by atoms with Crippen LogP contribution in [0.1, 0.15) is 0 Å². The molecule has 7 heteroatoms. The second-order valence-corrected chi connectivity index (χ2v) is 5.69. The minimum Gasteiger partial charge on any atom is -0.120 e. The first-order valence-corrected chi connectivity index (χ1v) is 5.93. The number of hydrogen-bond donors (Lipinski definition) is 0. The summed E-state index contributed by atoms with van der Waals surface area (Å²) in [6, 6.07) is 0. The maximum absolute atomic E-state index is 5.88. The molecule has 13 heavy (non-hydrogen) atoms. The molecule has 1 rings (SSSR count). The van der Waals surface area contributed by atoms with Gasteiger partial charge in [-0.25, -0.2) is 0 Å². The van der Waals surface area contributed by atoms with Gasteiger partial charge in [0.05, 0.1) is 32.3 Å². The second kappa shape index (κ2) is 6.76. The number of rotatable bonds is 0. The molecule has 0 aromatic rings. The van der Waals surface area contributed by atoms with Crippen LogP contribution in [-0.4, -0.2) is 32.3 Å². The molecule has 0 nitrogen and oxygen atoms in total. The smallest absolute Gasteiger partial charge is 0.0693 e. The quantitative estimate of drug-likeness (QED) is 0.515. The summed E-state index contributed by atoms with van der Waals surface area (Å²) < 4.78 is 0. The summed E-state index contributed by atoms with van der Waals surface area (Å²) in [5.74, 6) is 0. The Balaban J connectivity index is 0.00000144. The van der Waals surface area contributed by atoms with Gasteiger partial charge in [-0.15, -0.1) is 69.6 Å². The minimum absolute atomic E-state index is 0. The average Bonchev–Trinajstić information content (AvgIpc) is 2.08. The van der Waals surface area contributed by atoms with Crippen LogP contribution in [0.5, 0.6) is 0 Å². The second-order valence-electron chi connectivity index (χ2n) is 2.67.